The zero-order chi connectivity index (χ0) is 19.5. The first kappa shape index (κ1) is 18.4. The van der Waals surface area contributed by atoms with Gasteiger partial charge in [0.15, 0.2) is 11.6 Å². The lowest BCUT2D eigenvalue weighted by Gasteiger charge is -2.20. The van der Waals surface area contributed by atoms with Gasteiger partial charge in [0, 0.05) is 32.6 Å². The van der Waals surface area contributed by atoms with E-state index in [4.69, 9.17) is 4.42 Å². The van der Waals surface area contributed by atoms with Crippen molar-refractivity contribution in [3.8, 4) is 0 Å². The van der Waals surface area contributed by atoms with Crippen LogP contribution in [0.25, 0.3) is 0 Å². The van der Waals surface area contributed by atoms with E-state index in [9.17, 15) is 9.18 Å². The van der Waals surface area contributed by atoms with E-state index < -0.39 is 0 Å². The summed E-state index contributed by atoms with van der Waals surface area (Å²) >= 11 is 0. The average molecular weight is 383 g/mol. The number of fused-ring (bicyclic) bond motifs is 1. The van der Waals surface area contributed by atoms with Gasteiger partial charge in [-0.3, -0.25) is 9.69 Å². The molecule has 3 aromatic rings. The molecule has 0 fully saturated rings. The predicted molar refractivity (Wildman–Crippen MR) is 100.0 cm³/mol. The summed E-state index contributed by atoms with van der Waals surface area (Å²) in [6.45, 7) is 4.91. The Hall–Kier alpha value is -3.00. The number of nitrogens with zero attached hydrogens (tertiary/aromatic N) is 4. The number of amides is 1. The number of carbonyl (C=O) groups is 1. The molecule has 3 heterocycles. The molecule has 0 aliphatic carbocycles. The van der Waals surface area contributed by atoms with Crippen LogP contribution in [0.1, 0.15) is 40.7 Å². The molecule has 0 radical (unpaired) electrons. The fraction of sp³-hybridized carbons (Fsp3) is 0.350. The van der Waals surface area contributed by atoms with Gasteiger partial charge in [-0.2, -0.15) is 0 Å². The number of carbonyl (C=O) groups excluding carboxylic acids is 1. The van der Waals surface area contributed by atoms with Crippen molar-refractivity contribution in [1.82, 2.24) is 25.0 Å². The summed E-state index contributed by atoms with van der Waals surface area (Å²) in [6, 6.07) is 9.70. The van der Waals surface area contributed by atoms with Gasteiger partial charge < -0.3 is 14.3 Å². The van der Waals surface area contributed by atoms with E-state index in [0.29, 0.717) is 13.1 Å². The Bertz CT molecular complexity index is 953. The molecule has 1 aliphatic rings. The van der Waals surface area contributed by atoms with E-state index in [1.54, 1.807) is 24.3 Å². The first-order chi connectivity index (χ1) is 13.6. The monoisotopic (exact) mass is 383 g/mol. The fourth-order valence-corrected chi connectivity index (χ4v) is 3.50. The standard InChI is InChI=1S/C20H22FN5O2/c1-14(22-20(27)17-6-3-11-28-17)19-24-23-18-7-8-25(9-10-26(18)19)13-15-4-2-5-16(21)12-15/h2-6,11-12,14H,7-10,13H2,1H3,(H,22,27). The Labute approximate surface area is 162 Å². The zero-order valence-corrected chi connectivity index (χ0v) is 15.6. The quantitative estimate of drug-likeness (QED) is 0.733. The molecular formula is C20H22FN5O2. The lowest BCUT2D eigenvalue weighted by molar-refractivity contribution is 0.0909. The summed E-state index contributed by atoms with van der Waals surface area (Å²) in [6.07, 6.45) is 2.22. The topological polar surface area (TPSA) is 76.2 Å². The molecule has 1 aromatic carbocycles. The van der Waals surface area contributed by atoms with Crippen LogP contribution < -0.4 is 5.32 Å². The minimum Gasteiger partial charge on any atom is -0.459 e. The van der Waals surface area contributed by atoms with Crippen LogP contribution in [-0.4, -0.2) is 38.7 Å². The second-order valence-corrected chi connectivity index (χ2v) is 6.95. The summed E-state index contributed by atoms with van der Waals surface area (Å²) < 4.78 is 20.6. The smallest absolute Gasteiger partial charge is 0.287 e. The molecule has 4 rings (SSSR count). The lowest BCUT2D eigenvalue weighted by Crippen LogP contribution is -2.30. The molecule has 1 aliphatic heterocycles. The lowest BCUT2D eigenvalue weighted by atomic mass is 10.2. The molecule has 1 atom stereocenters. The molecule has 1 unspecified atom stereocenters. The molecule has 0 spiro atoms. The van der Waals surface area contributed by atoms with Gasteiger partial charge in [-0.05, 0) is 36.8 Å². The third-order valence-corrected chi connectivity index (χ3v) is 4.92. The van der Waals surface area contributed by atoms with Crippen molar-refractivity contribution in [2.75, 3.05) is 13.1 Å². The second kappa shape index (κ2) is 7.93. The first-order valence-corrected chi connectivity index (χ1v) is 9.33. The highest BCUT2D eigenvalue weighted by Gasteiger charge is 2.23. The predicted octanol–water partition coefficient (Wildman–Crippen LogP) is 2.56. The zero-order valence-electron chi connectivity index (χ0n) is 15.6. The van der Waals surface area contributed by atoms with Crippen LogP contribution in [0.4, 0.5) is 4.39 Å². The van der Waals surface area contributed by atoms with Gasteiger partial charge in [-0.15, -0.1) is 10.2 Å². The molecule has 0 bridgehead atoms. The Balaban J connectivity index is 1.42. The van der Waals surface area contributed by atoms with Crippen molar-refractivity contribution in [3.63, 3.8) is 0 Å². The van der Waals surface area contributed by atoms with Crippen LogP contribution >= 0.6 is 0 Å². The number of hydrogen-bond donors (Lipinski definition) is 1. The SMILES string of the molecule is CC(NC(=O)c1ccco1)c1nnc2n1CCN(Cc1cccc(F)c1)CC2. The van der Waals surface area contributed by atoms with Crippen LogP contribution in [0.3, 0.4) is 0 Å². The van der Waals surface area contributed by atoms with Gasteiger partial charge in [-0.25, -0.2) is 4.39 Å². The maximum atomic E-state index is 13.4. The van der Waals surface area contributed by atoms with Crippen molar-refractivity contribution in [3.05, 3.63) is 71.5 Å². The van der Waals surface area contributed by atoms with E-state index >= 15 is 0 Å². The van der Waals surface area contributed by atoms with Gasteiger partial charge in [0.1, 0.15) is 11.6 Å². The summed E-state index contributed by atoms with van der Waals surface area (Å²) in [4.78, 5) is 14.5. The van der Waals surface area contributed by atoms with Gasteiger partial charge in [0.05, 0.1) is 12.3 Å². The molecule has 1 amide bonds. The summed E-state index contributed by atoms with van der Waals surface area (Å²) in [7, 11) is 0. The Morgan fingerprint density at radius 1 is 1.25 bits per heavy atom. The van der Waals surface area contributed by atoms with Crippen molar-refractivity contribution < 1.29 is 13.6 Å². The Kier molecular flexibility index (Phi) is 5.21. The number of furan rings is 1. The minimum absolute atomic E-state index is 0.215. The molecule has 8 heteroatoms. The summed E-state index contributed by atoms with van der Waals surface area (Å²) in [5.41, 5.74) is 0.956. The van der Waals surface area contributed by atoms with E-state index in [-0.39, 0.29) is 23.5 Å². The number of halogens is 1. The number of aromatic nitrogens is 3. The van der Waals surface area contributed by atoms with Crippen LogP contribution in [0.5, 0.6) is 0 Å². The van der Waals surface area contributed by atoms with Crippen LogP contribution in [0.2, 0.25) is 0 Å². The molecule has 7 nitrogen and oxygen atoms in total. The van der Waals surface area contributed by atoms with Crippen LogP contribution in [0.15, 0.2) is 47.1 Å². The van der Waals surface area contributed by atoms with Crippen molar-refractivity contribution >= 4 is 5.91 Å². The minimum atomic E-state index is -0.298. The molecule has 0 saturated carbocycles. The van der Waals surface area contributed by atoms with Crippen molar-refractivity contribution in [2.24, 2.45) is 0 Å². The van der Waals surface area contributed by atoms with Gasteiger partial charge in [0.25, 0.3) is 5.91 Å². The number of rotatable bonds is 5. The number of benzene rings is 1. The van der Waals surface area contributed by atoms with E-state index in [0.717, 1.165) is 36.7 Å². The maximum absolute atomic E-state index is 13.4. The second-order valence-electron chi connectivity index (χ2n) is 6.95. The molecular weight excluding hydrogens is 361 g/mol. The van der Waals surface area contributed by atoms with Gasteiger partial charge in [-0.1, -0.05) is 12.1 Å². The highest BCUT2D eigenvalue weighted by molar-refractivity contribution is 5.91. The normalized spacial score (nSPS) is 15.6. The van der Waals surface area contributed by atoms with Crippen LogP contribution in [-0.2, 0) is 19.5 Å². The third kappa shape index (κ3) is 3.96. The summed E-state index contributed by atoms with van der Waals surface area (Å²) in [5, 5.41) is 11.5. The van der Waals surface area contributed by atoms with E-state index in [2.05, 4.69) is 25.0 Å². The van der Waals surface area contributed by atoms with Crippen molar-refractivity contribution in [1.29, 1.82) is 0 Å². The Morgan fingerprint density at radius 2 is 2.14 bits per heavy atom. The molecule has 2 aromatic heterocycles. The third-order valence-electron chi connectivity index (χ3n) is 4.92. The van der Waals surface area contributed by atoms with Crippen molar-refractivity contribution in [2.45, 2.75) is 32.5 Å². The van der Waals surface area contributed by atoms with Gasteiger partial charge in [0.2, 0.25) is 0 Å². The average Bonchev–Trinajstić information content (AvgIpc) is 3.30. The Morgan fingerprint density at radius 3 is 2.93 bits per heavy atom. The fourth-order valence-electron chi connectivity index (χ4n) is 3.50. The van der Waals surface area contributed by atoms with Gasteiger partial charge >= 0.3 is 0 Å². The van der Waals surface area contributed by atoms with E-state index in [1.807, 2.05) is 13.0 Å². The highest BCUT2D eigenvalue weighted by atomic mass is 19.1. The number of hydrogen-bond acceptors (Lipinski definition) is 5. The maximum Gasteiger partial charge on any atom is 0.287 e. The molecule has 1 N–H and O–H groups in total. The first-order valence-electron chi connectivity index (χ1n) is 9.33. The van der Waals surface area contributed by atoms with E-state index in [1.165, 1.54) is 12.3 Å². The largest absolute Gasteiger partial charge is 0.459 e. The van der Waals surface area contributed by atoms with Crippen LogP contribution in [0, 0.1) is 5.82 Å². The molecule has 146 valence electrons. The molecule has 28 heavy (non-hydrogen) atoms. The summed E-state index contributed by atoms with van der Waals surface area (Å²) in [5.74, 6) is 1.39. The highest BCUT2D eigenvalue weighted by Crippen LogP contribution is 2.17. The molecule has 0 saturated heterocycles. The number of nitrogens with one attached hydrogen (secondary N) is 1.